The first-order chi connectivity index (χ1) is 27.4. The van der Waals surface area contributed by atoms with Gasteiger partial charge in [0.15, 0.2) is 0 Å². The van der Waals surface area contributed by atoms with Crippen molar-refractivity contribution in [2.24, 2.45) is 0 Å². The van der Waals surface area contributed by atoms with Crippen LogP contribution in [0.5, 0.6) is 17.2 Å². The van der Waals surface area contributed by atoms with Gasteiger partial charge in [-0.15, -0.1) is 0 Å². The van der Waals surface area contributed by atoms with E-state index in [0.29, 0.717) is 58.8 Å². The number of rotatable bonds is 24. The first-order valence-electron chi connectivity index (χ1n) is 19.3. The predicted octanol–water partition coefficient (Wildman–Crippen LogP) is 7.00. The minimum absolute atomic E-state index is 0.0713. The number of carbonyl (C=O) groups is 1. The van der Waals surface area contributed by atoms with Gasteiger partial charge in [0.25, 0.3) is 0 Å². The summed E-state index contributed by atoms with van der Waals surface area (Å²) in [6, 6.07) is 28.2. The number of nitrogens with one attached hydrogen (secondary N) is 1. The molecular formula is C43H56N2O11. The summed E-state index contributed by atoms with van der Waals surface area (Å²) in [4.78, 5) is 17.1. The molecule has 1 heterocycles. The third kappa shape index (κ3) is 13.1. The van der Waals surface area contributed by atoms with Crippen molar-refractivity contribution in [3.05, 3.63) is 102 Å². The van der Waals surface area contributed by atoms with Crippen molar-refractivity contribution in [3.8, 4) is 17.2 Å². The van der Waals surface area contributed by atoms with Crippen molar-refractivity contribution < 1.29 is 53.2 Å². The molecule has 0 spiro atoms. The summed E-state index contributed by atoms with van der Waals surface area (Å²) in [5, 5.41) is 22.6. The van der Waals surface area contributed by atoms with E-state index >= 15 is 0 Å². The lowest BCUT2D eigenvalue weighted by atomic mass is 9.85. The third-order valence-corrected chi connectivity index (χ3v) is 9.71. The van der Waals surface area contributed by atoms with E-state index in [1.807, 2.05) is 67.6 Å². The van der Waals surface area contributed by atoms with E-state index in [-0.39, 0.29) is 49.1 Å². The Hall–Kier alpha value is -4.31. The molecule has 304 valence electrons. The van der Waals surface area contributed by atoms with Gasteiger partial charge in [0.1, 0.15) is 23.4 Å². The minimum Gasteiger partial charge on any atom is -0.496 e. The van der Waals surface area contributed by atoms with Crippen LogP contribution in [-0.4, -0.2) is 93.8 Å². The Morgan fingerprint density at radius 2 is 1.57 bits per heavy atom. The van der Waals surface area contributed by atoms with Crippen LogP contribution < -0.4 is 19.5 Å². The van der Waals surface area contributed by atoms with E-state index in [1.165, 1.54) is 0 Å². The number of ether oxygens (including phenoxy) is 7. The Bertz CT molecular complexity index is 1760. The summed E-state index contributed by atoms with van der Waals surface area (Å²) in [7, 11) is 3.34. The van der Waals surface area contributed by atoms with Crippen molar-refractivity contribution in [2.45, 2.75) is 76.5 Å². The van der Waals surface area contributed by atoms with Gasteiger partial charge >= 0.3 is 5.97 Å². The van der Waals surface area contributed by atoms with Gasteiger partial charge in [-0.3, -0.25) is 20.0 Å². The van der Waals surface area contributed by atoms with Gasteiger partial charge in [-0.25, -0.2) is 0 Å². The van der Waals surface area contributed by atoms with E-state index in [2.05, 4.69) is 34.4 Å². The molecule has 0 bridgehead atoms. The fourth-order valence-corrected chi connectivity index (χ4v) is 6.78. The topological polar surface area (TPSA) is 147 Å². The zero-order chi connectivity index (χ0) is 39.5. The van der Waals surface area contributed by atoms with E-state index in [4.69, 9.17) is 43.6 Å². The van der Waals surface area contributed by atoms with Crippen LogP contribution in [-0.2, 0) is 41.8 Å². The second-order valence-corrected chi connectivity index (χ2v) is 13.6. The molecule has 0 aromatic heterocycles. The third-order valence-electron chi connectivity index (χ3n) is 9.71. The maximum atomic E-state index is 12.6. The van der Waals surface area contributed by atoms with Crippen LogP contribution in [0.15, 0.2) is 84.9 Å². The normalized spacial score (nSPS) is 17.5. The molecule has 56 heavy (non-hydrogen) atoms. The summed E-state index contributed by atoms with van der Waals surface area (Å²) in [6.45, 7) is 5.41. The van der Waals surface area contributed by atoms with Crippen LogP contribution in [0, 0.1) is 0 Å². The van der Waals surface area contributed by atoms with Crippen molar-refractivity contribution >= 4 is 16.7 Å². The van der Waals surface area contributed by atoms with E-state index in [0.717, 1.165) is 51.1 Å². The molecule has 3 N–H and O–H groups in total. The lowest BCUT2D eigenvalue weighted by molar-refractivity contribution is -0.492. The standard InChI is InChI=1S/C43H56N2O11/c1-4-35(56-42(46)16-9-10-23-55-45(47)48)30-54-41-27-44-26-40(53-28-31-24-33-12-5-7-14-37(33)39(25-31)50-3)43(41)32-17-19-36(20-18-32)52-22-11-21-51-29-34-13-6-8-15-38(34)49-2/h5-8,12-15,17-20,24-25,35,40-41,43-44,47-48H,4,9-11,16,21-23,26-30H2,1-3H3. The number of benzene rings is 4. The predicted molar refractivity (Wildman–Crippen MR) is 209 cm³/mol. The Labute approximate surface area is 329 Å². The second kappa shape index (κ2) is 23.0. The zero-order valence-electron chi connectivity index (χ0n) is 32.6. The largest absolute Gasteiger partial charge is 0.496 e. The van der Waals surface area contributed by atoms with E-state index < -0.39 is 6.10 Å². The van der Waals surface area contributed by atoms with Gasteiger partial charge in [0.2, 0.25) is 0 Å². The van der Waals surface area contributed by atoms with Crippen molar-refractivity contribution in [1.82, 2.24) is 10.7 Å². The molecule has 0 amide bonds. The fraction of sp³-hybridized carbons (Fsp3) is 0.465. The van der Waals surface area contributed by atoms with Crippen LogP contribution in [0.4, 0.5) is 0 Å². The molecule has 4 aromatic carbocycles. The van der Waals surface area contributed by atoms with Crippen LogP contribution in [0.2, 0.25) is 0 Å². The quantitative estimate of drug-likeness (QED) is 0.0382. The molecule has 0 aliphatic carbocycles. The molecule has 1 saturated heterocycles. The molecule has 0 saturated carbocycles. The fourth-order valence-electron chi connectivity index (χ4n) is 6.78. The summed E-state index contributed by atoms with van der Waals surface area (Å²) < 4.78 is 42.1. The van der Waals surface area contributed by atoms with E-state index in [1.54, 1.807) is 14.2 Å². The van der Waals surface area contributed by atoms with Crippen molar-refractivity contribution in [1.29, 1.82) is 0 Å². The van der Waals surface area contributed by atoms with Gasteiger partial charge < -0.3 is 38.5 Å². The molecule has 0 radical (unpaired) electrons. The van der Waals surface area contributed by atoms with Crippen LogP contribution in [0.25, 0.3) is 10.8 Å². The molecular weight excluding hydrogens is 720 g/mol. The van der Waals surface area contributed by atoms with Gasteiger partial charge in [-0.05, 0) is 66.1 Å². The molecule has 13 nitrogen and oxygen atoms in total. The average molecular weight is 777 g/mol. The number of esters is 1. The van der Waals surface area contributed by atoms with Crippen molar-refractivity contribution in [2.75, 3.05) is 53.7 Å². The van der Waals surface area contributed by atoms with Crippen molar-refractivity contribution in [3.63, 3.8) is 0 Å². The number of para-hydroxylation sites is 1. The highest BCUT2D eigenvalue weighted by molar-refractivity contribution is 5.89. The molecule has 1 aliphatic heterocycles. The lowest BCUT2D eigenvalue weighted by Crippen LogP contribution is -2.51. The molecule has 4 aromatic rings. The second-order valence-electron chi connectivity index (χ2n) is 13.6. The molecule has 4 unspecified atom stereocenters. The number of hydrogen-bond acceptors (Lipinski definition) is 13. The number of methoxy groups -OCH3 is 2. The Balaban J connectivity index is 1.21. The highest BCUT2D eigenvalue weighted by Crippen LogP contribution is 2.33. The Morgan fingerprint density at radius 1 is 0.821 bits per heavy atom. The molecule has 1 aliphatic rings. The number of unbranched alkanes of at least 4 members (excludes halogenated alkanes) is 1. The molecule has 13 heteroatoms. The van der Waals surface area contributed by atoms with Crippen LogP contribution in [0.3, 0.4) is 0 Å². The first kappa shape index (κ1) is 42.8. The molecule has 5 rings (SSSR count). The Morgan fingerprint density at radius 3 is 2.34 bits per heavy atom. The SMILES string of the molecule is CCC(COC1CNCC(OCc2cc(OC)c3ccccc3c2)C1c1ccc(OCCCOCc2ccccc2OC)cc1)OC(=O)CCCCON(O)O. The van der Waals surface area contributed by atoms with Crippen LogP contribution in [0.1, 0.15) is 61.6 Å². The van der Waals surface area contributed by atoms with E-state index in [9.17, 15) is 4.79 Å². The van der Waals surface area contributed by atoms with Gasteiger partial charge in [-0.1, -0.05) is 61.5 Å². The van der Waals surface area contributed by atoms with Gasteiger partial charge in [0, 0.05) is 42.8 Å². The lowest BCUT2D eigenvalue weighted by Gasteiger charge is -2.39. The highest BCUT2D eigenvalue weighted by atomic mass is 17.1. The van der Waals surface area contributed by atoms with Gasteiger partial charge in [0.05, 0.1) is 71.5 Å². The number of fused-ring (bicyclic) bond motifs is 1. The summed E-state index contributed by atoms with van der Waals surface area (Å²) >= 11 is 0. The average Bonchev–Trinajstić information content (AvgIpc) is 3.22. The summed E-state index contributed by atoms with van der Waals surface area (Å²) in [5.41, 5.74) is 3.07. The molecule has 4 atom stereocenters. The molecule has 1 fully saturated rings. The summed E-state index contributed by atoms with van der Waals surface area (Å²) in [6.07, 6.45) is 1.54. The first-order valence-corrected chi connectivity index (χ1v) is 19.3. The minimum atomic E-state index is -0.425. The van der Waals surface area contributed by atoms with Gasteiger partial charge in [-0.2, -0.15) is 0 Å². The number of nitrogens with zero attached hydrogens (tertiary/aromatic N) is 1. The zero-order valence-corrected chi connectivity index (χ0v) is 32.6. The monoisotopic (exact) mass is 776 g/mol. The summed E-state index contributed by atoms with van der Waals surface area (Å²) in [5.74, 6) is 1.92. The number of piperidine rings is 1. The highest BCUT2D eigenvalue weighted by Gasteiger charge is 2.36. The maximum absolute atomic E-state index is 12.6. The smallest absolute Gasteiger partial charge is 0.306 e. The van der Waals surface area contributed by atoms with Crippen LogP contribution >= 0.6 is 0 Å². The Kier molecular flexibility index (Phi) is 17.6. The maximum Gasteiger partial charge on any atom is 0.306 e. The number of hydrogen-bond donors (Lipinski definition) is 3. The number of carbonyl (C=O) groups excluding carboxylic acids is 1.